The fourth-order valence-electron chi connectivity index (χ4n) is 0.659. The second kappa shape index (κ2) is 3.72. The van der Waals surface area contributed by atoms with Crippen molar-refractivity contribution in [3.63, 3.8) is 0 Å². The van der Waals surface area contributed by atoms with Crippen molar-refractivity contribution in [2.45, 2.75) is 10.5 Å². The zero-order valence-electron chi connectivity index (χ0n) is 6.30. The summed E-state index contributed by atoms with van der Waals surface area (Å²) in [5.74, 6) is 0. The van der Waals surface area contributed by atoms with Crippen LogP contribution in [0.2, 0.25) is 0 Å². The summed E-state index contributed by atoms with van der Waals surface area (Å²) in [4.78, 5) is 3.57. The summed E-state index contributed by atoms with van der Waals surface area (Å²) >= 11 is -0.270. The number of rotatable bonds is 1. The molecule has 7 heteroatoms. The summed E-state index contributed by atoms with van der Waals surface area (Å²) in [6.45, 7) is 0. The molecule has 1 aromatic heterocycles. The standard InChI is InChI=1S/C6H6F3N2PS/c7-6(8,9)13-5-4(12)3(10)1-2-11-5/h1-2H,12H2,(H2,10,11). The van der Waals surface area contributed by atoms with Crippen LogP contribution in [0.4, 0.5) is 18.9 Å². The summed E-state index contributed by atoms with van der Waals surface area (Å²) < 4.78 is 35.8. The summed E-state index contributed by atoms with van der Waals surface area (Å²) in [6, 6.07) is 1.45. The maximum atomic E-state index is 11.9. The number of hydrogen-bond donors (Lipinski definition) is 1. The Bertz CT molecular complexity index is 315. The first-order chi connectivity index (χ1) is 5.90. The smallest absolute Gasteiger partial charge is 0.398 e. The van der Waals surface area contributed by atoms with Gasteiger partial charge in [-0.3, -0.25) is 0 Å². The number of nitrogens with zero attached hydrogens (tertiary/aromatic N) is 1. The van der Waals surface area contributed by atoms with E-state index in [-0.39, 0.29) is 27.8 Å². The molecular weight excluding hydrogens is 220 g/mol. The van der Waals surface area contributed by atoms with Gasteiger partial charge in [0.15, 0.2) is 0 Å². The molecule has 13 heavy (non-hydrogen) atoms. The van der Waals surface area contributed by atoms with Gasteiger partial charge in [0, 0.05) is 29.0 Å². The maximum Gasteiger partial charge on any atom is 0.447 e. The number of aromatic nitrogens is 1. The van der Waals surface area contributed by atoms with Gasteiger partial charge in [0.25, 0.3) is 0 Å². The quantitative estimate of drug-likeness (QED) is 0.586. The Morgan fingerprint density at radius 3 is 2.62 bits per heavy atom. The predicted octanol–water partition coefficient (Wildman–Crippen LogP) is 1.78. The van der Waals surface area contributed by atoms with Crippen LogP contribution in [0.25, 0.3) is 0 Å². The number of anilines is 1. The van der Waals surface area contributed by atoms with Crippen LogP contribution >= 0.6 is 21.0 Å². The molecule has 0 saturated carbocycles. The van der Waals surface area contributed by atoms with Crippen LogP contribution < -0.4 is 11.0 Å². The largest absolute Gasteiger partial charge is 0.447 e. The highest BCUT2D eigenvalue weighted by Gasteiger charge is 2.31. The Labute approximate surface area is 79.3 Å². The van der Waals surface area contributed by atoms with Gasteiger partial charge < -0.3 is 5.73 Å². The molecule has 0 radical (unpaired) electrons. The number of alkyl halides is 3. The molecule has 0 amide bonds. The molecule has 0 saturated heterocycles. The van der Waals surface area contributed by atoms with Crippen molar-refractivity contribution >= 4 is 32.0 Å². The van der Waals surface area contributed by atoms with Gasteiger partial charge in [-0.1, -0.05) is 0 Å². The van der Waals surface area contributed by atoms with Crippen LogP contribution in [-0.2, 0) is 0 Å². The second-order valence-corrected chi connectivity index (χ2v) is 3.80. The lowest BCUT2D eigenvalue weighted by atomic mass is 10.4. The maximum absolute atomic E-state index is 11.9. The van der Waals surface area contributed by atoms with Gasteiger partial charge in [-0.25, -0.2) is 4.98 Å². The van der Waals surface area contributed by atoms with Crippen LogP contribution in [0.5, 0.6) is 0 Å². The van der Waals surface area contributed by atoms with E-state index in [1.54, 1.807) is 0 Å². The minimum Gasteiger partial charge on any atom is -0.398 e. The molecule has 2 N–H and O–H groups in total. The van der Waals surface area contributed by atoms with Crippen LogP contribution in [0.1, 0.15) is 0 Å². The molecule has 0 aromatic carbocycles. The molecule has 72 valence electrons. The molecule has 0 aliphatic heterocycles. The van der Waals surface area contributed by atoms with E-state index < -0.39 is 5.51 Å². The molecular formula is C6H6F3N2PS. The van der Waals surface area contributed by atoms with E-state index >= 15 is 0 Å². The van der Waals surface area contributed by atoms with Crippen LogP contribution in [0, 0.1) is 0 Å². The van der Waals surface area contributed by atoms with E-state index in [4.69, 9.17) is 5.73 Å². The van der Waals surface area contributed by atoms with E-state index in [0.717, 1.165) is 0 Å². The van der Waals surface area contributed by atoms with Crippen molar-refractivity contribution in [3.05, 3.63) is 12.3 Å². The summed E-state index contributed by atoms with van der Waals surface area (Å²) in [5, 5.41) is 0.155. The minimum atomic E-state index is -4.33. The van der Waals surface area contributed by atoms with E-state index in [9.17, 15) is 13.2 Å². The number of pyridine rings is 1. The van der Waals surface area contributed by atoms with E-state index in [1.807, 2.05) is 0 Å². The highest BCUT2D eigenvalue weighted by atomic mass is 32.2. The first-order valence-electron chi connectivity index (χ1n) is 3.16. The van der Waals surface area contributed by atoms with Gasteiger partial charge in [-0.2, -0.15) is 13.2 Å². The summed E-state index contributed by atoms with van der Waals surface area (Å²) in [6.07, 6.45) is 1.25. The fourth-order valence-corrected chi connectivity index (χ4v) is 1.57. The van der Waals surface area contributed by atoms with E-state index in [1.165, 1.54) is 12.3 Å². The summed E-state index contributed by atoms with van der Waals surface area (Å²) in [5.41, 5.74) is 1.35. The first kappa shape index (κ1) is 10.6. The molecule has 2 nitrogen and oxygen atoms in total. The number of thioether (sulfide) groups is 1. The van der Waals surface area contributed by atoms with Gasteiger partial charge in [-0.05, 0) is 6.07 Å². The third-order valence-corrected chi connectivity index (χ3v) is 2.77. The monoisotopic (exact) mass is 226 g/mol. The Balaban J connectivity index is 2.96. The molecule has 1 aromatic rings. The molecule has 1 heterocycles. The van der Waals surface area contributed by atoms with Crippen molar-refractivity contribution in [2.24, 2.45) is 0 Å². The highest BCUT2D eigenvalue weighted by molar-refractivity contribution is 8.00. The number of halogens is 3. The van der Waals surface area contributed by atoms with Gasteiger partial charge in [0.2, 0.25) is 0 Å². The third-order valence-electron chi connectivity index (χ3n) is 1.20. The topological polar surface area (TPSA) is 38.9 Å². The van der Waals surface area contributed by atoms with Crippen molar-refractivity contribution in [2.75, 3.05) is 5.73 Å². The number of nitrogens with two attached hydrogens (primary N) is 1. The van der Waals surface area contributed by atoms with Crippen molar-refractivity contribution in [1.82, 2.24) is 4.98 Å². The lowest BCUT2D eigenvalue weighted by molar-refractivity contribution is -0.0329. The molecule has 0 fully saturated rings. The van der Waals surface area contributed by atoms with Gasteiger partial charge in [0.1, 0.15) is 5.03 Å². The Kier molecular flexibility index (Phi) is 3.03. The molecule has 1 unspecified atom stereocenters. The number of hydrogen-bond acceptors (Lipinski definition) is 3. The van der Waals surface area contributed by atoms with Crippen molar-refractivity contribution < 1.29 is 13.2 Å². The first-order valence-corrected chi connectivity index (χ1v) is 4.55. The zero-order valence-corrected chi connectivity index (χ0v) is 8.27. The summed E-state index contributed by atoms with van der Waals surface area (Å²) in [7, 11) is 2.14. The zero-order chi connectivity index (χ0) is 10.1. The molecule has 0 aliphatic carbocycles. The van der Waals surface area contributed by atoms with Gasteiger partial charge in [-0.15, -0.1) is 9.24 Å². The fraction of sp³-hybridized carbons (Fsp3) is 0.167. The van der Waals surface area contributed by atoms with Crippen LogP contribution in [-0.4, -0.2) is 10.5 Å². The molecule has 1 rings (SSSR count). The molecule has 0 aliphatic rings. The SMILES string of the molecule is Nc1ccnc(SC(F)(F)F)c1P. The third kappa shape index (κ3) is 3.04. The second-order valence-electron chi connectivity index (χ2n) is 2.17. The lowest BCUT2D eigenvalue weighted by Gasteiger charge is -2.08. The minimum absolute atomic E-state index is 0.127. The normalized spacial score (nSPS) is 11.7. The molecule has 0 spiro atoms. The van der Waals surface area contributed by atoms with Gasteiger partial charge in [0.05, 0.1) is 0 Å². The van der Waals surface area contributed by atoms with Gasteiger partial charge >= 0.3 is 5.51 Å². The van der Waals surface area contributed by atoms with Crippen molar-refractivity contribution in [1.29, 1.82) is 0 Å². The highest BCUT2D eigenvalue weighted by Crippen LogP contribution is 2.35. The van der Waals surface area contributed by atoms with Crippen molar-refractivity contribution in [3.8, 4) is 0 Å². The van der Waals surface area contributed by atoms with E-state index in [0.29, 0.717) is 0 Å². The Morgan fingerprint density at radius 1 is 1.46 bits per heavy atom. The average Bonchev–Trinajstić information content (AvgIpc) is 1.96. The average molecular weight is 226 g/mol. The Morgan fingerprint density at radius 2 is 2.08 bits per heavy atom. The molecule has 0 bridgehead atoms. The van der Waals surface area contributed by atoms with E-state index in [2.05, 4.69) is 14.2 Å². The molecule has 1 atom stereocenters. The number of nitrogen functional groups attached to an aromatic ring is 1. The van der Waals surface area contributed by atoms with Crippen LogP contribution in [0.15, 0.2) is 17.3 Å². The van der Waals surface area contributed by atoms with Crippen LogP contribution in [0.3, 0.4) is 0 Å². The lowest BCUT2D eigenvalue weighted by Crippen LogP contribution is -2.10. The predicted molar refractivity (Wildman–Crippen MR) is 49.9 cm³/mol. The Hall–Kier alpha value is -0.480.